The highest BCUT2D eigenvalue weighted by Crippen LogP contribution is 2.34. The van der Waals surface area contributed by atoms with E-state index in [1.165, 1.54) is 12.1 Å². The molecule has 2 heterocycles. The fourth-order valence-corrected chi connectivity index (χ4v) is 2.89. The zero-order valence-electron chi connectivity index (χ0n) is 11.5. The zero-order valence-corrected chi connectivity index (χ0v) is 12.3. The van der Waals surface area contributed by atoms with Crippen LogP contribution >= 0.6 is 11.3 Å². The minimum Gasteiger partial charge on any atom is -0.467 e. The fourth-order valence-electron chi connectivity index (χ4n) is 2.32. The first-order valence-electron chi connectivity index (χ1n) is 6.99. The van der Waals surface area contributed by atoms with Gasteiger partial charge in [0.25, 0.3) is 0 Å². The number of ether oxygens (including phenoxy) is 1. The lowest BCUT2D eigenvalue weighted by atomic mass is 10.2. The molecule has 0 amide bonds. The van der Waals surface area contributed by atoms with Crippen LogP contribution in [-0.2, 0) is 4.74 Å². The van der Waals surface area contributed by atoms with E-state index in [0.717, 1.165) is 23.5 Å². The van der Waals surface area contributed by atoms with Gasteiger partial charge in [0.05, 0.1) is 16.6 Å². The van der Waals surface area contributed by atoms with E-state index in [1.54, 1.807) is 11.3 Å². The second-order valence-electron chi connectivity index (χ2n) is 4.82. The molecule has 0 fully saturated rings. The van der Waals surface area contributed by atoms with Gasteiger partial charge >= 0.3 is 0 Å². The average Bonchev–Trinajstić information content (AvgIpc) is 3.15. The van der Waals surface area contributed by atoms with Crippen molar-refractivity contribution < 1.29 is 4.74 Å². The molecule has 4 heteroatoms. The normalized spacial score (nSPS) is 17.9. The molecule has 1 aliphatic heterocycles. The van der Waals surface area contributed by atoms with Crippen molar-refractivity contribution in [2.24, 2.45) is 0 Å². The lowest BCUT2D eigenvalue weighted by Gasteiger charge is -2.24. The van der Waals surface area contributed by atoms with Gasteiger partial charge in [0.2, 0.25) is 0 Å². The Labute approximate surface area is 123 Å². The number of thiazole rings is 1. The third-order valence-corrected chi connectivity index (χ3v) is 4.15. The van der Waals surface area contributed by atoms with Gasteiger partial charge in [-0.15, -0.1) is 11.3 Å². The van der Waals surface area contributed by atoms with Crippen LogP contribution in [-0.4, -0.2) is 11.2 Å². The summed E-state index contributed by atoms with van der Waals surface area (Å²) in [4.78, 5) is 7.45. The van der Waals surface area contributed by atoms with Gasteiger partial charge in [-0.2, -0.15) is 0 Å². The number of anilines is 1. The van der Waals surface area contributed by atoms with Gasteiger partial charge in [0.1, 0.15) is 0 Å². The van der Waals surface area contributed by atoms with Crippen molar-refractivity contribution in [2.45, 2.75) is 32.4 Å². The maximum atomic E-state index is 6.13. The lowest BCUT2D eigenvalue weighted by molar-refractivity contribution is 0.179. The Kier molecular flexibility index (Phi) is 4.02. The summed E-state index contributed by atoms with van der Waals surface area (Å²) in [5.74, 6) is 0.928. The summed E-state index contributed by atoms with van der Waals surface area (Å²) in [6.07, 6.45) is 7.43. The zero-order chi connectivity index (χ0) is 13.8. The first kappa shape index (κ1) is 13.2. The summed E-state index contributed by atoms with van der Waals surface area (Å²) in [7, 11) is 0. The molecule has 1 aliphatic rings. The number of para-hydroxylation sites is 1. The van der Waals surface area contributed by atoms with Gasteiger partial charge in [0, 0.05) is 18.3 Å². The van der Waals surface area contributed by atoms with Gasteiger partial charge in [-0.3, -0.25) is 4.98 Å². The van der Waals surface area contributed by atoms with Gasteiger partial charge in [0.15, 0.2) is 12.0 Å². The third kappa shape index (κ3) is 2.70. The predicted octanol–water partition coefficient (Wildman–Crippen LogP) is 4.49. The maximum Gasteiger partial charge on any atom is 0.176 e. The molecule has 0 saturated heterocycles. The minimum absolute atomic E-state index is 0.0921. The van der Waals surface area contributed by atoms with Crippen molar-refractivity contribution >= 4 is 22.8 Å². The minimum atomic E-state index is 0.0921. The predicted molar refractivity (Wildman–Crippen MR) is 83.4 cm³/mol. The van der Waals surface area contributed by atoms with E-state index in [4.69, 9.17) is 4.74 Å². The van der Waals surface area contributed by atoms with Crippen LogP contribution in [0.1, 0.15) is 31.1 Å². The molecule has 3 nitrogen and oxygen atoms in total. The Morgan fingerprint density at radius 3 is 2.85 bits per heavy atom. The molecule has 0 aliphatic carbocycles. The number of rotatable bonds is 5. The van der Waals surface area contributed by atoms with Crippen molar-refractivity contribution in [3.05, 3.63) is 53.1 Å². The summed E-state index contributed by atoms with van der Waals surface area (Å²) in [6, 6.07) is 10.4. The number of hydrogen-bond acceptors (Lipinski definition) is 4. The quantitative estimate of drug-likeness (QED) is 0.809. The molecule has 0 N–H and O–H groups in total. The van der Waals surface area contributed by atoms with E-state index in [-0.39, 0.29) is 6.23 Å². The van der Waals surface area contributed by atoms with Gasteiger partial charge in [-0.25, -0.2) is 0 Å². The Balaban J connectivity index is 1.86. The summed E-state index contributed by atoms with van der Waals surface area (Å²) >= 11 is 1.61. The third-order valence-electron chi connectivity index (χ3n) is 3.36. The second-order valence-corrected chi connectivity index (χ2v) is 5.70. The SMILES string of the molecule is CCCCC1OC(c2cncs2)=CN1c1ccccc1. The number of hydrogen-bond donors (Lipinski definition) is 0. The monoisotopic (exact) mass is 286 g/mol. The molecule has 0 bridgehead atoms. The summed E-state index contributed by atoms with van der Waals surface area (Å²) in [5, 5.41) is 0. The van der Waals surface area contributed by atoms with Crippen LogP contribution in [0.5, 0.6) is 0 Å². The molecular formula is C16H18N2OS. The highest BCUT2D eigenvalue weighted by Gasteiger charge is 2.27. The van der Waals surface area contributed by atoms with Crippen molar-refractivity contribution in [1.29, 1.82) is 0 Å². The van der Waals surface area contributed by atoms with E-state index in [9.17, 15) is 0 Å². The molecule has 0 saturated carbocycles. The molecule has 2 aromatic rings. The fraction of sp³-hybridized carbons (Fsp3) is 0.312. The highest BCUT2D eigenvalue weighted by molar-refractivity contribution is 7.10. The highest BCUT2D eigenvalue weighted by atomic mass is 32.1. The Hall–Kier alpha value is -1.81. The molecule has 0 spiro atoms. The maximum absolute atomic E-state index is 6.13. The molecule has 1 aromatic heterocycles. The van der Waals surface area contributed by atoms with Crippen LogP contribution in [0, 0.1) is 0 Å². The molecule has 104 valence electrons. The first-order chi connectivity index (χ1) is 9.88. The van der Waals surface area contributed by atoms with Crippen LogP contribution in [0.2, 0.25) is 0 Å². The van der Waals surface area contributed by atoms with Crippen molar-refractivity contribution in [1.82, 2.24) is 4.98 Å². The van der Waals surface area contributed by atoms with E-state index in [2.05, 4.69) is 47.3 Å². The molecule has 1 aromatic carbocycles. The number of benzene rings is 1. The number of unbranched alkanes of at least 4 members (excludes halogenated alkanes) is 1. The molecule has 1 unspecified atom stereocenters. The topological polar surface area (TPSA) is 25.4 Å². The summed E-state index contributed by atoms with van der Waals surface area (Å²) < 4.78 is 6.13. The van der Waals surface area contributed by atoms with Crippen LogP contribution in [0.25, 0.3) is 5.76 Å². The standard InChI is InChI=1S/C16H18N2OS/c1-2-3-9-16-18(13-7-5-4-6-8-13)11-14(19-16)15-10-17-12-20-15/h4-8,10-12,16H,2-3,9H2,1H3. The van der Waals surface area contributed by atoms with Crippen molar-refractivity contribution in [2.75, 3.05) is 4.90 Å². The number of aromatic nitrogens is 1. The first-order valence-corrected chi connectivity index (χ1v) is 7.87. The molecule has 0 radical (unpaired) electrons. The van der Waals surface area contributed by atoms with Crippen LogP contribution in [0.4, 0.5) is 5.69 Å². The smallest absolute Gasteiger partial charge is 0.176 e. The molecular weight excluding hydrogens is 268 g/mol. The molecule has 3 rings (SSSR count). The van der Waals surface area contributed by atoms with E-state index in [0.29, 0.717) is 0 Å². The average molecular weight is 286 g/mol. The van der Waals surface area contributed by atoms with Crippen LogP contribution in [0.15, 0.2) is 48.2 Å². The Morgan fingerprint density at radius 1 is 1.30 bits per heavy atom. The van der Waals surface area contributed by atoms with Crippen molar-refractivity contribution in [3.63, 3.8) is 0 Å². The lowest BCUT2D eigenvalue weighted by Crippen LogP contribution is -2.27. The van der Waals surface area contributed by atoms with E-state index < -0.39 is 0 Å². The molecule has 20 heavy (non-hydrogen) atoms. The van der Waals surface area contributed by atoms with Gasteiger partial charge in [-0.05, 0) is 18.6 Å². The van der Waals surface area contributed by atoms with E-state index >= 15 is 0 Å². The summed E-state index contributed by atoms with van der Waals surface area (Å²) in [6.45, 7) is 2.21. The summed E-state index contributed by atoms with van der Waals surface area (Å²) in [5.41, 5.74) is 3.01. The van der Waals surface area contributed by atoms with Crippen LogP contribution < -0.4 is 4.90 Å². The van der Waals surface area contributed by atoms with E-state index in [1.807, 2.05) is 17.8 Å². The van der Waals surface area contributed by atoms with Gasteiger partial charge in [-0.1, -0.05) is 31.5 Å². The second kappa shape index (κ2) is 6.09. The Morgan fingerprint density at radius 2 is 2.15 bits per heavy atom. The van der Waals surface area contributed by atoms with Gasteiger partial charge < -0.3 is 9.64 Å². The molecule has 1 atom stereocenters. The largest absolute Gasteiger partial charge is 0.467 e. The van der Waals surface area contributed by atoms with Crippen LogP contribution in [0.3, 0.4) is 0 Å². The van der Waals surface area contributed by atoms with Crippen molar-refractivity contribution in [3.8, 4) is 0 Å². The number of nitrogens with zero attached hydrogens (tertiary/aromatic N) is 2. The Bertz CT molecular complexity index is 565.